The summed E-state index contributed by atoms with van der Waals surface area (Å²) in [7, 11) is 1.47. The molecule has 0 aromatic carbocycles. The van der Waals surface area contributed by atoms with Crippen LogP contribution in [-0.2, 0) is 14.3 Å². The Hall–Kier alpha value is -0.570. The molecule has 0 spiro atoms. The maximum Gasteiger partial charge on any atom is 0.306 e. The summed E-state index contributed by atoms with van der Waals surface area (Å²) in [5.74, 6) is 0.438. The second kappa shape index (κ2) is 3.48. The Morgan fingerprint density at radius 3 is 2.87 bits per heavy atom. The molecule has 86 valence electrons. The van der Waals surface area contributed by atoms with Gasteiger partial charge in [0, 0.05) is 6.61 Å². The number of hydrogen-bond acceptors (Lipinski definition) is 3. The normalized spacial score (nSPS) is 44.1. The van der Waals surface area contributed by atoms with Crippen molar-refractivity contribution < 1.29 is 14.3 Å². The minimum Gasteiger partial charge on any atom is -0.469 e. The molecule has 1 unspecified atom stereocenters. The summed E-state index contributed by atoms with van der Waals surface area (Å²) >= 11 is 0. The van der Waals surface area contributed by atoms with Crippen molar-refractivity contribution >= 4 is 5.97 Å². The van der Waals surface area contributed by atoms with Crippen LogP contribution in [-0.4, -0.2) is 26.3 Å². The predicted molar refractivity (Wildman–Crippen MR) is 56.4 cm³/mol. The van der Waals surface area contributed by atoms with Gasteiger partial charge >= 0.3 is 5.97 Å². The highest BCUT2D eigenvalue weighted by atomic mass is 16.5. The van der Waals surface area contributed by atoms with E-state index in [4.69, 9.17) is 9.47 Å². The lowest BCUT2D eigenvalue weighted by Gasteiger charge is -2.47. The number of hydrogen-bond donors (Lipinski definition) is 0. The van der Waals surface area contributed by atoms with E-state index < -0.39 is 0 Å². The lowest BCUT2D eigenvalue weighted by atomic mass is 9.62. The van der Waals surface area contributed by atoms with E-state index >= 15 is 0 Å². The molecule has 1 saturated carbocycles. The molecule has 2 fully saturated rings. The number of ether oxygens (including phenoxy) is 2. The standard InChI is InChI=1S/C12H20O3/c1-11-5-4-9(7-15-8-11)12(11,2)6-10(13)14-3/h9H,4-8H2,1-3H3/t9?,11-,12+/m1/s1. The van der Waals surface area contributed by atoms with Crippen LogP contribution in [0.2, 0.25) is 0 Å². The zero-order valence-electron chi connectivity index (χ0n) is 9.84. The molecule has 15 heavy (non-hydrogen) atoms. The average Bonchev–Trinajstić information content (AvgIpc) is 2.40. The maximum atomic E-state index is 11.5. The molecule has 2 rings (SSSR count). The fraction of sp³-hybridized carbons (Fsp3) is 0.917. The number of carbonyl (C=O) groups is 1. The highest BCUT2D eigenvalue weighted by Crippen LogP contribution is 2.60. The zero-order chi connectivity index (χ0) is 11.1. The molecule has 1 saturated heterocycles. The number of rotatable bonds is 2. The van der Waals surface area contributed by atoms with Gasteiger partial charge in [-0.05, 0) is 29.6 Å². The summed E-state index contributed by atoms with van der Waals surface area (Å²) in [6.07, 6.45) is 2.89. The van der Waals surface area contributed by atoms with Crippen LogP contribution in [0.1, 0.15) is 33.1 Å². The van der Waals surface area contributed by atoms with Gasteiger partial charge in [0.1, 0.15) is 0 Å². The van der Waals surface area contributed by atoms with Gasteiger partial charge in [0.25, 0.3) is 0 Å². The van der Waals surface area contributed by atoms with Crippen molar-refractivity contribution in [2.45, 2.75) is 33.1 Å². The summed E-state index contributed by atoms with van der Waals surface area (Å²) in [6.45, 7) is 6.07. The monoisotopic (exact) mass is 212 g/mol. The first-order valence-corrected chi connectivity index (χ1v) is 5.66. The number of methoxy groups -OCH3 is 1. The van der Waals surface area contributed by atoms with Crippen LogP contribution in [0.15, 0.2) is 0 Å². The quantitative estimate of drug-likeness (QED) is 0.657. The smallest absolute Gasteiger partial charge is 0.306 e. The Morgan fingerprint density at radius 2 is 2.27 bits per heavy atom. The third kappa shape index (κ3) is 1.48. The Labute approximate surface area is 91.1 Å². The molecule has 1 heterocycles. The van der Waals surface area contributed by atoms with Crippen LogP contribution in [0.5, 0.6) is 0 Å². The highest BCUT2D eigenvalue weighted by Gasteiger charge is 2.57. The summed E-state index contributed by atoms with van der Waals surface area (Å²) < 4.78 is 10.4. The van der Waals surface area contributed by atoms with Gasteiger partial charge in [-0.15, -0.1) is 0 Å². The van der Waals surface area contributed by atoms with Crippen LogP contribution in [0, 0.1) is 16.7 Å². The largest absolute Gasteiger partial charge is 0.469 e. The Kier molecular flexibility index (Phi) is 2.53. The van der Waals surface area contributed by atoms with Crippen molar-refractivity contribution in [3.05, 3.63) is 0 Å². The number of fused-ring (bicyclic) bond motifs is 2. The van der Waals surface area contributed by atoms with Crippen molar-refractivity contribution in [2.24, 2.45) is 16.7 Å². The maximum absolute atomic E-state index is 11.5. The Bertz CT molecular complexity index is 272. The van der Waals surface area contributed by atoms with Crippen LogP contribution < -0.4 is 0 Å². The third-order valence-electron chi connectivity index (χ3n) is 4.80. The fourth-order valence-electron chi connectivity index (χ4n) is 3.25. The molecule has 3 heteroatoms. The second-order valence-electron chi connectivity index (χ2n) is 5.48. The Balaban J connectivity index is 2.22. The van der Waals surface area contributed by atoms with E-state index in [1.54, 1.807) is 0 Å². The summed E-state index contributed by atoms with van der Waals surface area (Å²) in [5.41, 5.74) is 0.225. The van der Waals surface area contributed by atoms with Gasteiger partial charge in [-0.1, -0.05) is 13.8 Å². The first kappa shape index (κ1) is 10.9. The molecule has 3 atom stereocenters. The summed E-state index contributed by atoms with van der Waals surface area (Å²) in [5, 5.41) is 0. The molecular formula is C12H20O3. The molecule has 0 aromatic heterocycles. The summed E-state index contributed by atoms with van der Waals surface area (Å²) in [6, 6.07) is 0. The van der Waals surface area contributed by atoms with Crippen molar-refractivity contribution in [1.82, 2.24) is 0 Å². The van der Waals surface area contributed by atoms with E-state index in [2.05, 4.69) is 13.8 Å². The molecular weight excluding hydrogens is 192 g/mol. The first-order valence-electron chi connectivity index (χ1n) is 5.66. The SMILES string of the molecule is COC(=O)C[C@@]1(C)C2CC[C@]1(C)COC2. The predicted octanol–water partition coefficient (Wildman–Crippen LogP) is 2.00. The van der Waals surface area contributed by atoms with Gasteiger partial charge in [0.15, 0.2) is 0 Å². The van der Waals surface area contributed by atoms with Crippen LogP contribution >= 0.6 is 0 Å². The molecule has 1 aliphatic carbocycles. The lowest BCUT2D eigenvalue weighted by Crippen LogP contribution is -2.47. The number of esters is 1. The van der Waals surface area contributed by atoms with Gasteiger partial charge in [-0.2, -0.15) is 0 Å². The van der Waals surface area contributed by atoms with E-state index in [0.717, 1.165) is 13.2 Å². The fourth-order valence-corrected chi connectivity index (χ4v) is 3.25. The molecule has 0 aromatic rings. The van der Waals surface area contributed by atoms with Crippen LogP contribution in [0.4, 0.5) is 0 Å². The molecule has 2 bridgehead atoms. The first-order chi connectivity index (χ1) is 7.02. The zero-order valence-corrected chi connectivity index (χ0v) is 9.84. The second-order valence-corrected chi connectivity index (χ2v) is 5.48. The number of carbonyl (C=O) groups excluding carboxylic acids is 1. The van der Waals surface area contributed by atoms with Crippen molar-refractivity contribution in [2.75, 3.05) is 20.3 Å². The molecule has 3 nitrogen and oxygen atoms in total. The van der Waals surface area contributed by atoms with Crippen molar-refractivity contribution in [3.8, 4) is 0 Å². The van der Waals surface area contributed by atoms with Gasteiger partial charge in [0.2, 0.25) is 0 Å². The molecule has 0 N–H and O–H groups in total. The van der Waals surface area contributed by atoms with E-state index in [9.17, 15) is 4.79 Å². The van der Waals surface area contributed by atoms with Gasteiger partial charge in [-0.25, -0.2) is 0 Å². The third-order valence-corrected chi connectivity index (χ3v) is 4.80. The lowest BCUT2D eigenvalue weighted by molar-refractivity contribution is -0.154. The van der Waals surface area contributed by atoms with E-state index in [1.165, 1.54) is 20.0 Å². The average molecular weight is 212 g/mol. The highest BCUT2D eigenvalue weighted by molar-refractivity contribution is 5.70. The Morgan fingerprint density at radius 1 is 1.53 bits per heavy atom. The van der Waals surface area contributed by atoms with Crippen molar-refractivity contribution in [3.63, 3.8) is 0 Å². The van der Waals surface area contributed by atoms with E-state index in [-0.39, 0.29) is 16.8 Å². The van der Waals surface area contributed by atoms with E-state index in [1.807, 2.05) is 0 Å². The molecule has 0 amide bonds. The van der Waals surface area contributed by atoms with Crippen LogP contribution in [0.3, 0.4) is 0 Å². The van der Waals surface area contributed by atoms with Gasteiger partial charge in [-0.3, -0.25) is 4.79 Å². The van der Waals surface area contributed by atoms with Gasteiger partial charge < -0.3 is 9.47 Å². The topological polar surface area (TPSA) is 35.5 Å². The van der Waals surface area contributed by atoms with Crippen LogP contribution in [0.25, 0.3) is 0 Å². The van der Waals surface area contributed by atoms with Crippen molar-refractivity contribution in [1.29, 1.82) is 0 Å². The molecule has 2 aliphatic rings. The minimum atomic E-state index is -0.0856. The summed E-state index contributed by atoms with van der Waals surface area (Å²) in [4.78, 5) is 11.5. The minimum absolute atomic E-state index is 0.0678. The van der Waals surface area contributed by atoms with Gasteiger partial charge in [0.05, 0.1) is 20.1 Å². The molecule has 1 aliphatic heterocycles. The van der Waals surface area contributed by atoms with E-state index in [0.29, 0.717) is 12.3 Å². The molecule has 0 radical (unpaired) electrons.